The minimum absolute atomic E-state index is 0.147. The molecule has 5 heteroatoms. The SMILES string of the molecule is CC.Cc1c(F)cnc2cc(C(F)(F)F)ccc12. The fourth-order valence-electron chi connectivity index (χ4n) is 1.48. The lowest BCUT2D eigenvalue weighted by Crippen LogP contribution is -2.04. The molecule has 0 bridgehead atoms. The Kier molecular flexibility index (Phi) is 4.27. The topological polar surface area (TPSA) is 12.9 Å². The second kappa shape index (κ2) is 5.33. The van der Waals surface area contributed by atoms with Gasteiger partial charge in [-0.05, 0) is 24.6 Å². The number of alkyl halides is 3. The molecule has 1 aromatic heterocycles. The monoisotopic (exact) mass is 259 g/mol. The molecule has 0 amide bonds. The predicted octanol–water partition coefficient (Wildman–Crippen LogP) is 4.73. The largest absolute Gasteiger partial charge is 0.416 e. The highest BCUT2D eigenvalue weighted by Crippen LogP contribution is 2.31. The zero-order valence-electron chi connectivity index (χ0n) is 10.3. The summed E-state index contributed by atoms with van der Waals surface area (Å²) in [6.45, 7) is 5.51. The molecule has 2 aromatic rings. The lowest BCUT2D eigenvalue weighted by molar-refractivity contribution is -0.137. The predicted molar refractivity (Wildman–Crippen MR) is 62.8 cm³/mol. The lowest BCUT2D eigenvalue weighted by atomic mass is 10.1. The first-order valence-corrected chi connectivity index (χ1v) is 5.51. The molecule has 0 aliphatic heterocycles. The number of aromatic nitrogens is 1. The molecule has 0 spiro atoms. The number of aryl methyl sites for hydroxylation is 1. The molecule has 0 saturated heterocycles. The second-order valence-electron chi connectivity index (χ2n) is 3.46. The number of hydrogen-bond donors (Lipinski definition) is 0. The number of benzene rings is 1. The van der Waals surface area contributed by atoms with Crippen molar-refractivity contribution in [2.45, 2.75) is 26.9 Å². The van der Waals surface area contributed by atoms with Gasteiger partial charge in [-0.25, -0.2) is 4.39 Å². The van der Waals surface area contributed by atoms with Crippen molar-refractivity contribution in [1.29, 1.82) is 0 Å². The molecule has 0 fully saturated rings. The number of nitrogens with zero attached hydrogens (tertiary/aromatic N) is 1. The van der Waals surface area contributed by atoms with Gasteiger partial charge in [-0.2, -0.15) is 13.2 Å². The molecule has 0 saturated carbocycles. The highest BCUT2D eigenvalue weighted by Gasteiger charge is 2.30. The number of halogens is 4. The van der Waals surface area contributed by atoms with Gasteiger partial charge < -0.3 is 0 Å². The summed E-state index contributed by atoms with van der Waals surface area (Å²) in [5.41, 5.74) is -0.328. The lowest BCUT2D eigenvalue weighted by Gasteiger charge is -2.08. The molecule has 0 aliphatic carbocycles. The Labute approximate surface area is 102 Å². The maximum absolute atomic E-state index is 13.1. The third-order valence-electron chi connectivity index (χ3n) is 2.40. The standard InChI is InChI=1S/C11H7F4N.C2H6/c1-6-8-3-2-7(11(13,14)15)4-10(8)16-5-9(6)12;1-2/h2-5H,1H3;1-2H3. The normalized spacial score (nSPS) is 11.1. The van der Waals surface area contributed by atoms with Crippen LogP contribution in [0.3, 0.4) is 0 Å². The van der Waals surface area contributed by atoms with Gasteiger partial charge in [-0.1, -0.05) is 19.9 Å². The van der Waals surface area contributed by atoms with Gasteiger partial charge in [0.25, 0.3) is 0 Å². The van der Waals surface area contributed by atoms with E-state index in [1.807, 2.05) is 13.8 Å². The summed E-state index contributed by atoms with van der Waals surface area (Å²) in [6, 6.07) is 3.09. The van der Waals surface area contributed by atoms with E-state index in [0.29, 0.717) is 10.9 Å². The maximum atomic E-state index is 13.1. The van der Waals surface area contributed by atoms with Crippen LogP contribution in [0.25, 0.3) is 10.9 Å². The highest BCUT2D eigenvalue weighted by molar-refractivity contribution is 5.82. The molecule has 1 heterocycles. The molecular weight excluding hydrogens is 246 g/mol. The van der Waals surface area contributed by atoms with Gasteiger partial charge in [0, 0.05) is 5.39 Å². The van der Waals surface area contributed by atoms with E-state index in [2.05, 4.69) is 4.98 Å². The fourth-order valence-corrected chi connectivity index (χ4v) is 1.48. The molecule has 0 atom stereocenters. The molecule has 2 rings (SSSR count). The van der Waals surface area contributed by atoms with Gasteiger partial charge in [0.05, 0.1) is 17.3 Å². The second-order valence-corrected chi connectivity index (χ2v) is 3.46. The third kappa shape index (κ3) is 2.78. The molecule has 0 N–H and O–H groups in total. The Morgan fingerprint density at radius 1 is 1.11 bits per heavy atom. The van der Waals surface area contributed by atoms with Crippen LogP contribution in [0.4, 0.5) is 17.6 Å². The Morgan fingerprint density at radius 2 is 1.72 bits per heavy atom. The van der Waals surface area contributed by atoms with Crippen molar-refractivity contribution in [2.75, 3.05) is 0 Å². The van der Waals surface area contributed by atoms with Crippen molar-refractivity contribution in [3.8, 4) is 0 Å². The van der Waals surface area contributed by atoms with Crippen molar-refractivity contribution < 1.29 is 17.6 Å². The van der Waals surface area contributed by atoms with E-state index in [9.17, 15) is 17.6 Å². The summed E-state index contributed by atoms with van der Waals surface area (Å²) >= 11 is 0. The zero-order valence-corrected chi connectivity index (χ0v) is 10.3. The molecule has 1 aromatic carbocycles. The Balaban J connectivity index is 0.000000771. The van der Waals surface area contributed by atoms with Crippen molar-refractivity contribution >= 4 is 10.9 Å². The summed E-state index contributed by atoms with van der Waals surface area (Å²) in [6.07, 6.45) is -3.48. The summed E-state index contributed by atoms with van der Waals surface area (Å²) in [7, 11) is 0. The molecule has 18 heavy (non-hydrogen) atoms. The van der Waals surface area contributed by atoms with E-state index in [1.165, 1.54) is 13.0 Å². The van der Waals surface area contributed by atoms with Gasteiger partial charge in [-0.15, -0.1) is 0 Å². The first kappa shape index (κ1) is 14.4. The van der Waals surface area contributed by atoms with E-state index < -0.39 is 17.6 Å². The average Bonchev–Trinajstić information content (AvgIpc) is 2.35. The minimum Gasteiger partial charge on any atom is -0.253 e. The van der Waals surface area contributed by atoms with E-state index >= 15 is 0 Å². The minimum atomic E-state index is -4.40. The van der Waals surface area contributed by atoms with Crippen LogP contribution in [0.15, 0.2) is 24.4 Å². The Morgan fingerprint density at radius 3 is 2.28 bits per heavy atom. The average molecular weight is 259 g/mol. The maximum Gasteiger partial charge on any atom is 0.416 e. The van der Waals surface area contributed by atoms with E-state index in [1.54, 1.807) is 0 Å². The smallest absolute Gasteiger partial charge is 0.253 e. The van der Waals surface area contributed by atoms with Crippen LogP contribution < -0.4 is 0 Å². The van der Waals surface area contributed by atoms with Crippen LogP contribution in [0.1, 0.15) is 25.0 Å². The van der Waals surface area contributed by atoms with Crippen LogP contribution in [0, 0.1) is 12.7 Å². The summed E-state index contributed by atoms with van der Waals surface area (Å²) in [5.74, 6) is -0.521. The van der Waals surface area contributed by atoms with Crippen LogP contribution in [-0.2, 0) is 6.18 Å². The molecule has 0 radical (unpaired) electrons. The van der Waals surface area contributed by atoms with Crippen molar-refractivity contribution in [3.05, 3.63) is 41.3 Å². The van der Waals surface area contributed by atoms with Crippen LogP contribution in [-0.4, -0.2) is 4.98 Å². The number of hydrogen-bond acceptors (Lipinski definition) is 1. The van der Waals surface area contributed by atoms with Crippen LogP contribution in [0.5, 0.6) is 0 Å². The van der Waals surface area contributed by atoms with Crippen molar-refractivity contribution in [1.82, 2.24) is 4.98 Å². The van der Waals surface area contributed by atoms with E-state index in [-0.39, 0.29) is 5.52 Å². The first-order chi connectivity index (χ1) is 8.39. The molecular formula is C13H13F4N. The molecule has 0 unspecified atom stereocenters. The van der Waals surface area contributed by atoms with Crippen LogP contribution >= 0.6 is 0 Å². The van der Waals surface area contributed by atoms with Crippen molar-refractivity contribution in [2.24, 2.45) is 0 Å². The molecule has 1 nitrogen and oxygen atoms in total. The number of pyridine rings is 1. The van der Waals surface area contributed by atoms with Gasteiger partial charge in [-0.3, -0.25) is 4.98 Å². The fraction of sp³-hybridized carbons (Fsp3) is 0.308. The Bertz CT molecular complexity index is 546. The Hall–Kier alpha value is -1.65. The third-order valence-corrected chi connectivity index (χ3v) is 2.40. The number of fused-ring (bicyclic) bond motifs is 1. The first-order valence-electron chi connectivity index (χ1n) is 5.51. The van der Waals surface area contributed by atoms with E-state index in [0.717, 1.165) is 18.3 Å². The van der Waals surface area contributed by atoms with Gasteiger partial charge in [0.2, 0.25) is 0 Å². The number of rotatable bonds is 0. The molecule has 0 aliphatic rings. The summed E-state index contributed by atoms with van der Waals surface area (Å²) in [4.78, 5) is 3.64. The van der Waals surface area contributed by atoms with Gasteiger partial charge in [0.15, 0.2) is 0 Å². The summed E-state index contributed by atoms with van der Waals surface area (Å²) < 4.78 is 50.3. The van der Waals surface area contributed by atoms with Gasteiger partial charge in [0.1, 0.15) is 5.82 Å². The quantitative estimate of drug-likeness (QED) is 0.623. The summed E-state index contributed by atoms with van der Waals surface area (Å²) in [5, 5.41) is 0.396. The van der Waals surface area contributed by atoms with Gasteiger partial charge >= 0.3 is 6.18 Å². The van der Waals surface area contributed by atoms with E-state index in [4.69, 9.17) is 0 Å². The van der Waals surface area contributed by atoms with Crippen LogP contribution in [0.2, 0.25) is 0 Å². The zero-order chi connectivity index (χ0) is 13.9. The molecule has 98 valence electrons. The van der Waals surface area contributed by atoms with Crippen molar-refractivity contribution in [3.63, 3.8) is 0 Å². The highest BCUT2D eigenvalue weighted by atomic mass is 19.4.